The average molecular weight is 446 g/mol. The van der Waals surface area contributed by atoms with Crippen LogP contribution in [-0.4, -0.2) is 46.2 Å². The predicted molar refractivity (Wildman–Crippen MR) is 123 cm³/mol. The van der Waals surface area contributed by atoms with Crippen LogP contribution in [-0.2, 0) is 24.1 Å². The van der Waals surface area contributed by atoms with E-state index in [4.69, 9.17) is 4.74 Å². The normalized spacial score (nSPS) is 18.0. The van der Waals surface area contributed by atoms with Crippen LogP contribution in [0, 0.1) is 0 Å². The van der Waals surface area contributed by atoms with Crippen molar-refractivity contribution < 1.29 is 14.3 Å². The first-order chi connectivity index (χ1) is 14.6. The topological polar surface area (TPSA) is 80.3 Å². The average Bonchev–Trinajstić information content (AvgIpc) is 3.41. The lowest BCUT2D eigenvalue weighted by Gasteiger charge is -2.10. The number of nitrogens with one attached hydrogen (secondary N) is 2. The molecule has 6 nitrogen and oxygen atoms in total. The van der Waals surface area contributed by atoms with Gasteiger partial charge in [-0.1, -0.05) is 36.9 Å². The molecular formula is C22H27N3O3S2. The molecule has 2 aliphatic heterocycles. The molecule has 0 saturated carbocycles. The van der Waals surface area contributed by atoms with Gasteiger partial charge in [-0.05, 0) is 42.2 Å². The summed E-state index contributed by atoms with van der Waals surface area (Å²) in [5.74, 6) is 2.13. The third-order valence-electron chi connectivity index (χ3n) is 4.68. The molecule has 1 atom stereocenters. The number of rotatable bonds is 7. The van der Waals surface area contributed by atoms with Crippen molar-refractivity contribution in [3.63, 3.8) is 0 Å². The first-order valence-electron chi connectivity index (χ1n) is 10.1. The van der Waals surface area contributed by atoms with Gasteiger partial charge in [0.2, 0.25) is 5.91 Å². The molecule has 2 amide bonds. The van der Waals surface area contributed by atoms with Gasteiger partial charge in [-0.25, -0.2) is 0 Å². The zero-order chi connectivity index (χ0) is 21.2. The highest BCUT2D eigenvalue weighted by Gasteiger charge is 2.17. The number of ether oxygens (including phenoxy) is 1. The largest absolute Gasteiger partial charge is 0.493 e. The van der Waals surface area contributed by atoms with Crippen molar-refractivity contribution in [2.24, 2.45) is 0 Å². The van der Waals surface area contributed by atoms with Gasteiger partial charge < -0.3 is 10.1 Å². The zero-order valence-corrected chi connectivity index (χ0v) is 18.7. The molecule has 2 saturated heterocycles. The molecule has 4 rings (SSSR count). The van der Waals surface area contributed by atoms with Crippen LogP contribution >= 0.6 is 23.5 Å². The zero-order valence-electron chi connectivity index (χ0n) is 17.1. The number of hydrogen-bond acceptors (Lipinski definition) is 7. The summed E-state index contributed by atoms with van der Waals surface area (Å²) in [7, 11) is 0. The lowest BCUT2D eigenvalue weighted by molar-refractivity contribution is -0.117. The molecule has 1 aromatic carbocycles. The quantitative estimate of drug-likeness (QED) is 0.676. The summed E-state index contributed by atoms with van der Waals surface area (Å²) in [6, 6.07) is 12.8. The Labute approximate surface area is 185 Å². The number of pyridine rings is 1. The van der Waals surface area contributed by atoms with E-state index in [2.05, 4.69) is 58.9 Å². The first kappa shape index (κ1) is 22.7. The molecule has 2 fully saturated rings. The van der Waals surface area contributed by atoms with Crippen LogP contribution in [0.4, 0.5) is 4.79 Å². The Morgan fingerprint density at radius 1 is 1.13 bits per heavy atom. The number of nitrogens with zero attached hydrogens (tertiary/aromatic N) is 1. The highest BCUT2D eigenvalue weighted by atomic mass is 32.2. The third-order valence-corrected chi connectivity index (χ3v) is 6.62. The van der Waals surface area contributed by atoms with Crippen molar-refractivity contribution in [3.05, 3.63) is 59.4 Å². The number of benzene rings is 1. The summed E-state index contributed by atoms with van der Waals surface area (Å²) >= 11 is 3.01. The number of aromatic nitrogens is 1. The highest BCUT2D eigenvalue weighted by Crippen LogP contribution is 2.21. The maximum absolute atomic E-state index is 10.1. The molecule has 30 heavy (non-hydrogen) atoms. The van der Waals surface area contributed by atoms with Crippen molar-refractivity contribution >= 4 is 34.7 Å². The van der Waals surface area contributed by atoms with Gasteiger partial charge >= 0.3 is 0 Å². The van der Waals surface area contributed by atoms with Gasteiger partial charge in [-0.2, -0.15) is 0 Å². The number of thioether (sulfide) groups is 2. The summed E-state index contributed by atoms with van der Waals surface area (Å²) in [6.45, 7) is 3.93. The highest BCUT2D eigenvalue weighted by molar-refractivity contribution is 8.14. The van der Waals surface area contributed by atoms with E-state index in [1.54, 1.807) is 0 Å². The molecule has 3 heterocycles. The molecule has 160 valence electrons. The molecule has 2 aliphatic rings. The van der Waals surface area contributed by atoms with Gasteiger partial charge in [0.05, 0.1) is 12.4 Å². The first-order valence-corrected chi connectivity index (χ1v) is 12.1. The molecule has 0 bridgehead atoms. The lowest BCUT2D eigenvalue weighted by atomic mass is 10.1. The van der Waals surface area contributed by atoms with E-state index in [0.29, 0.717) is 17.6 Å². The molecule has 0 radical (unpaired) electrons. The number of carbonyl (C=O) groups is 2. The van der Waals surface area contributed by atoms with Gasteiger partial charge in [0.15, 0.2) is 0 Å². The molecule has 0 aliphatic carbocycles. The fourth-order valence-electron chi connectivity index (χ4n) is 2.97. The molecule has 2 N–H and O–H groups in total. The summed E-state index contributed by atoms with van der Waals surface area (Å²) in [4.78, 5) is 24.6. The van der Waals surface area contributed by atoms with Crippen LogP contribution in [0.3, 0.4) is 0 Å². The van der Waals surface area contributed by atoms with Gasteiger partial charge in [-0.3, -0.25) is 19.9 Å². The number of aryl methyl sites for hydroxylation is 1. The van der Waals surface area contributed by atoms with Crippen molar-refractivity contribution in [1.29, 1.82) is 0 Å². The Kier molecular flexibility index (Phi) is 9.04. The third kappa shape index (κ3) is 7.66. The fraction of sp³-hybridized carbons (Fsp3) is 0.409. The van der Waals surface area contributed by atoms with Crippen molar-refractivity contribution in [3.8, 4) is 5.75 Å². The maximum atomic E-state index is 10.1. The van der Waals surface area contributed by atoms with E-state index in [1.807, 2.05) is 18.0 Å². The van der Waals surface area contributed by atoms with Gasteiger partial charge in [0.1, 0.15) is 5.75 Å². The fourth-order valence-corrected chi connectivity index (χ4v) is 4.51. The number of imide groups is 1. The predicted octanol–water partition coefficient (Wildman–Crippen LogP) is 3.44. The SMILES string of the molecule is CCc1ccc(CCOc2ccc(CC3CNCS3)cc2)nc1.O=C1CSC(=O)N1. The van der Waals surface area contributed by atoms with Crippen LogP contribution < -0.4 is 15.4 Å². The number of amides is 2. The summed E-state index contributed by atoms with van der Waals surface area (Å²) in [5.41, 5.74) is 3.75. The van der Waals surface area contributed by atoms with Crippen molar-refractivity contribution in [2.45, 2.75) is 31.4 Å². The maximum Gasteiger partial charge on any atom is 0.286 e. The Morgan fingerprint density at radius 3 is 2.47 bits per heavy atom. The Balaban J connectivity index is 0.000000310. The van der Waals surface area contributed by atoms with Crippen LogP contribution in [0.2, 0.25) is 0 Å². The van der Waals surface area contributed by atoms with Crippen LogP contribution in [0.25, 0.3) is 0 Å². The van der Waals surface area contributed by atoms with Gasteiger partial charge in [0, 0.05) is 36.0 Å². The van der Waals surface area contributed by atoms with E-state index in [0.717, 1.165) is 54.9 Å². The molecule has 0 spiro atoms. The van der Waals surface area contributed by atoms with Gasteiger partial charge in [0.25, 0.3) is 5.24 Å². The van der Waals surface area contributed by atoms with E-state index < -0.39 is 0 Å². The molecule has 1 aromatic heterocycles. The molecule has 2 aromatic rings. The van der Waals surface area contributed by atoms with Crippen LogP contribution in [0.1, 0.15) is 23.7 Å². The molecular weight excluding hydrogens is 418 g/mol. The lowest BCUT2D eigenvalue weighted by Crippen LogP contribution is -2.18. The van der Waals surface area contributed by atoms with E-state index >= 15 is 0 Å². The van der Waals surface area contributed by atoms with Crippen LogP contribution in [0.15, 0.2) is 42.6 Å². The van der Waals surface area contributed by atoms with Crippen molar-refractivity contribution in [1.82, 2.24) is 15.6 Å². The second-order valence-electron chi connectivity index (χ2n) is 6.97. The Hall–Kier alpha value is -2.03. The standard InChI is InChI=1S/C19H24N2OS.C3H3NO2S/c1-2-15-3-6-17(21-12-15)9-10-22-18-7-4-16(5-8-18)11-19-13-20-14-23-19;5-2-1-7-3(6)4-2/h3-8,12,19-20H,2,9-11,13-14H2,1H3;1H2,(H,4,5,6). The van der Waals surface area contributed by atoms with E-state index in [-0.39, 0.29) is 11.1 Å². The Bertz CT molecular complexity index is 809. The minimum Gasteiger partial charge on any atom is -0.493 e. The summed E-state index contributed by atoms with van der Waals surface area (Å²) in [6.07, 6.45) is 4.97. The summed E-state index contributed by atoms with van der Waals surface area (Å²) in [5, 5.41) is 5.96. The minimum absolute atomic E-state index is 0.185. The van der Waals surface area contributed by atoms with E-state index in [1.165, 1.54) is 11.1 Å². The minimum atomic E-state index is -0.231. The summed E-state index contributed by atoms with van der Waals surface area (Å²) < 4.78 is 5.83. The second-order valence-corrected chi connectivity index (χ2v) is 9.21. The van der Waals surface area contributed by atoms with Gasteiger partial charge in [-0.15, -0.1) is 11.8 Å². The second kappa shape index (κ2) is 12.0. The Morgan fingerprint density at radius 2 is 1.93 bits per heavy atom. The molecule has 1 unspecified atom stereocenters. The molecule has 8 heteroatoms. The van der Waals surface area contributed by atoms with Crippen LogP contribution in [0.5, 0.6) is 5.75 Å². The number of hydrogen-bond donors (Lipinski definition) is 2. The van der Waals surface area contributed by atoms with Crippen molar-refractivity contribution in [2.75, 3.05) is 24.8 Å². The van der Waals surface area contributed by atoms with E-state index in [9.17, 15) is 9.59 Å². The monoisotopic (exact) mass is 445 g/mol. The number of carbonyl (C=O) groups excluding carboxylic acids is 2. The smallest absolute Gasteiger partial charge is 0.286 e.